The Labute approximate surface area is 100 Å². The number of ether oxygens (including phenoxy) is 1. The van der Waals surface area contributed by atoms with E-state index in [1.165, 1.54) is 18.7 Å². The Morgan fingerprint density at radius 3 is 2.76 bits per heavy atom. The quantitative estimate of drug-likeness (QED) is 0.675. The lowest BCUT2D eigenvalue weighted by atomic mass is 10.4. The van der Waals surface area contributed by atoms with Crippen molar-refractivity contribution in [3.05, 3.63) is 18.7 Å². The first-order chi connectivity index (χ1) is 8.16. The van der Waals surface area contributed by atoms with E-state index in [2.05, 4.69) is 4.98 Å². The number of nitrogens with zero attached hydrogens (tertiary/aromatic N) is 3. The van der Waals surface area contributed by atoms with Gasteiger partial charge in [-0.05, 0) is 0 Å². The van der Waals surface area contributed by atoms with Crippen molar-refractivity contribution in [2.75, 3.05) is 38.6 Å². The summed E-state index contributed by atoms with van der Waals surface area (Å²) in [5, 5.41) is 0. The second kappa shape index (κ2) is 5.48. The van der Waals surface area contributed by atoms with Gasteiger partial charge < -0.3 is 4.74 Å². The van der Waals surface area contributed by atoms with Crippen LogP contribution in [0.3, 0.4) is 0 Å². The van der Waals surface area contributed by atoms with E-state index in [-0.39, 0.29) is 5.75 Å². The summed E-state index contributed by atoms with van der Waals surface area (Å²) >= 11 is 0. The normalized spacial score (nSPS) is 18.1. The van der Waals surface area contributed by atoms with Crippen LogP contribution in [0.4, 0.5) is 0 Å². The van der Waals surface area contributed by atoms with Gasteiger partial charge in [-0.1, -0.05) is 0 Å². The molecular weight excluding hydrogens is 246 g/mol. The number of imidazole rings is 1. The number of hydrogen-bond acceptors (Lipinski definition) is 6. The van der Waals surface area contributed by atoms with Crippen LogP contribution in [0.25, 0.3) is 0 Å². The fraction of sp³-hybridized carbons (Fsp3) is 0.667. The van der Waals surface area contributed by atoms with Gasteiger partial charge in [0.2, 0.25) is 0 Å². The van der Waals surface area contributed by atoms with Crippen LogP contribution >= 0.6 is 0 Å². The van der Waals surface area contributed by atoms with Crippen molar-refractivity contribution < 1.29 is 17.4 Å². The molecular formula is C9H15N3O4S. The maximum atomic E-state index is 11.6. The highest BCUT2D eigenvalue weighted by atomic mass is 32.2. The number of aromatic nitrogens is 2. The average molecular weight is 261 g/mol. The second-order valence-corrected chi connectivity index (χ2v) is 5.39. The zero-order valence-electron chi connectivity index (χ0n) is 9.36. The number of rotatable bonds is 5. The molecule has 0 amide bonds. The zero-order chi connectivity index (χ0) is 12.1. The Balaban J connectivity index is 1.80. The van der Waals surface area contributed by atoms with Gasteiger partial charge in [0.1, 0.15) is 12.1 Å². The highest BCUT2D eigenvalue weighted by Gasteiger charge is 2.17. The molecule has 0 aliphatic carbocycles. The first-order valence-electron chi connectivity index (χ1n) is 5.36. The van der Waals surface area contributed by atoms with Crippen molar-refractivity contribution in [1.29, 1.82) is 0 Å². The summed E-state index contributed by atoms with van der Waals surface area (Å²) in [6, 6.07) is 0. The molecule has 0 aromatic carbocycles. The third-order valence-corrected chi connectivity index (χ3v) is 3.52. The molecule has 8 heteroatoms. The van der Waals surface area contributed by atoms with Gasteiger partial charge in [-0.25, -0.2) is 4.98 Å². The molecule has 1 aliphatic rings. The van der Waals surface area contributed by atoms with E-state index in [1.807, 2.05) is 4.90 Å². The number of hydrogen-bond donors (Lipinski definition) is 0. The maximum absolute atomic E-state index is 11.6. The van der Waals surface area contributed by atoms with Crippen LogP contribution in [-0.4, -0.2) is 61.6 Å². The lowest BCUT2D eigenvalue weighted by molar-refractivity contribution is 0.0405. The van der Waals surface area contributed by atoms with Crippen molar-refractivity contribution in [2.24, 2.45) is 0 Å². The van der Waals surface area contributed by atoms with Crippen molar-refractivity contribution in [3.8, 4) is 0 Å². The molecule has 0 saturated carbocycles. The van der Waals surface area contributed by atoms with Gasteiger partial charge in [-0.15, -0.1) is 0 Å². The first-order valence-corrected chi connectivity index (χ1v) is 6.94. The molecule has 0 atom stereocenters. The predicted molar refractivity (Wildman–Crippen MR) is 59.9 cm³/mol. The smallest absolute Gasteiger partial charge is 0.328 e. The van der Waals surface area contributed by atoms with Gasteiger partial charge in [-0.3, -0.25) is 9.18 Å². The minimum atomic E-state index is -3.56. The Hall–Kier alpha value is -1.12. The lowest BCUT2D eigenvalue weighted by Crippen LogP contribution is -2.40. The first kappa shape index (κ1) is 12.3. The van der Waals surface area contributed by atoms with Crippen LogP contribution in [0.15, 0.2) is 18.7 Å². The van der Waals surface area contributed by atoms with Crippen molar-refractivity contribution >= 4 is 10.1 Å². The summed E-state index contributed by atoms with van der Waals surface area (Å²) in [5.74, 6) is -0.0365. The molecule has 2 heterocycles. The van der Waals surface area contributed by atoms with Gasteiger partial charge >= 0.3 is 10.1 Å². The summed E-state index contributed by atoms with van der Waals surface area (Å²) in [7, 11) is -3.56. The van der Waals surface area contributed by atoms with Crippen molar-refractivity contribution in [3.63, 3.8) is 0 Å². The lowest BCUT2D eigenvalue weighted by Gasteiger charge is -2.26. The second-order valence-electron chi connectivity index (χ2n) is 3.71. The molecule has 1 fully saturated rings. The largest absolute Gasteiger partial charge is 0.379 e. The average Bonchev–Trinajstić information content (AvgIpc) is 2.80. The molecule has 0 bridgehead atoms. The fourth-order valence-electron chi connectivity index (χ4n) is 1.53. The molecule has 0 N–H and O–H groups in total. The molecule has 7 nitrogen and oxygen atoms in total. The van der Waals surface area contributed by atoms with Gasteiger partial charge in [-0.2, -0.15) is 13.1 Å². The van der Waals surface area contributed by atoms with Crippen molar-refractivity contribution in [1.82, 2.24) is 14.6 Å². The monoisotopic (exact) mass is 261 g/mol. The Morgan fingerprint density at radius 2 is 2.12 bits per heavy atom. The maximum Gasteiger partial charge on any atom is 0.328 e. The van der Waals surface area contributed by atoms with Crippen LogP contribution in [0.1, 0.15) is 0 Å². The van der Waals surface area contributed by atoms with Crippen molar-refractivity contribution in [2.45, 2.75) is 0 Å². The summed E-state index contributed by atoms with van der Waals surface area (Å²) in [6.45, 7) is 3.30. The molecule has 1 saturated heterocycles. The standard InChI is InChI=1S/C9H15N3O4S/c13-17(14,16-12-2-1-10-9-12)8-5-11-3-6-15-7-4-11/h1-2,9H,3-8H2. The summed E-state index contributed by atoms with van der Waals surface area (Å²) in [6.07, 6.45) is 4.19. The van der Waals surface area contributed by atoms with Crippen LogP contribution in [0.2, 0.25) is 0 Å². The van der Waals surface area contributed by atoms with E-state index in [9.17, 15) is 8.42 Å². The molecule has 17 heavy (non-hydrogen) atoms. The van der Waals surface area contributed by atoms with E-state index in [4.69, 9.17) is 9.02 Å². The van der Waals surface area contributed by atoms with Crippen LogP contribution < -0.4 is 4.28 Å². The highest BCUT2D eigenvalue weighted by Crippen LogP contribution is 1.98. The Morgan fingerprint density at radius 1 is 1.35 bits per heavy atom. The van der Waals surface area contributed by atoms with E-state index in [0.29, 0.717) is 19.8 Å². The van der Waals surface area contributed by atoms with Gasteiger partial charge in [0.15, 0.2) is 0 Å². The Kier molecular flexibility index (Phi) is 3.97. The van der Waals surface area contributed by atoms with E-state index >= 15 is 0 Å². The third kappa shape index (κ3) is 3.99. The molecule has 0 spiro atoms. The van der Waals surface area contributed by atoms with E-state index < -0.39 is 10.1 Å². The van der Waals surface area contributed by atoms with Gasteiger partial charge in [0.05, 0.1) is 19.4 Å². The Bertz CT molecular complexity index is 425. The minimum absolute atomic E-state index is 0.0365. The summed E-state index contributed by atoms with van der Waals surface area (Å²) in [4.78, 5) is 5.74. The van der Waals surface area contributed by atoms with Crippen LogP contribution in [0, 0.1) is 0 Å². The minimum Gasteiger partial charge on any atom is -0.379 e. The molecule has 96 valence electrons. The van der Waals surface area contributed by atoms with E-state index in [0.717, 1.165) is 17.8 Å². The zero-order valence-corrected chi connectivity index (χ0v) is 10.2. The molecule has 0 radical (unpaired) electrons. The molecule has 2 rings (SSSR count). The van der Waals surface area contributed by atoms with Crippen LogP contribution in [-0.2, 0) is 14.9 Å². The molecule has 1 aliphatic heterocycles. The van der Waals surface area contributed by atoms with Gasteiger partial charge in [0.25, 0.3) is 0 Å². The summed E-state index contributed by atoms with van der Waals surface area (Å²) < 4.78 is 34.3. The third-order valence-electron chi connectivity index (χ3n) is 2.44. The van der Waals surface area contributed by atoms with Crippen LogP contribution in [0.5, 0.6) is 0 Å². The number of morpholine rings is 1. The topological polar surface area (TPSA) is 73.7 Å². The SMILES string of the molecule is O=S(=O)(CCN1CCOCC1)On1ccnc1. The summed E-state index contributed by atoms with van der Waals surface area (Å²) in [5.41, 5.74) is 0. The molecule has 1 aromatic rings. The van der Waals surface area contributed by atoms with Gasteiger partial charge in [0, 0.05) is 25.8 Å². The fourth-order valence-corrected chi connectivity index (χ4v) is 2.43. The van der Waals surface area contributed by atoms with E-state index in [1.54, 1.807) is 0 Å². The molecule has 0 unspecified atom stereocenters. The molecule has 1 aromatic heterocycles. The predicted octanol–water partition coefficient (Wildman–Crippen LogP) is -1.03. The highest BCUT2D eigenvalue weighted by molar-refractivity contribution is 7.86.